The number of aliphatic carboxylic acids is 1. The third-order valence-corrected chi connectivity index (χ3v) is 3.11. The summed E-state index contributed by atoms with van der Waals surface area (Å²) in [4.78, 5) is 34.2. The molecule has 0 saturated carbocycles. The molecular formula is C13H9NO7. The molecule has 0 spiro atoms. The van der Waals surface area contributed by atoms with Gasteiger partial charge in [0.1, 0.15) is 12.1 Å². The lowest BCUT2D eigenvalue weighted by atomic mass is 10.1. The van der Waals surface area contributed by atoms with Crippen LogP contribution in [0.3, 0.4) is 0 Å². The number of rotatable bonds is 3. The Bertz CT molecular complexity index is 837. The summed E-state index contributed by atoms with van der Waals surface area (Å²) in [5, 5.41) is 18.0. The van der Waals surface area contributed by atoms with Gasteiger partial charge in [0.15, 0.2) is 11.5 Å². The number of hydrogen-bond acceptors (Lipinski definition) is 5. The summed E-state index contributed by atoms with van der Waals surface area (Å²) in [5.74, 6) is -1.87. The van der Waals surface area contributed by atoms with Crippen molar-refractivity contribution in [3.05, 3.63) is 34.1 Å². The highest BCUT2D eigenvalue weighted by Gasteiger charge is 2.21. The minimum atomic E-state index is -1.42. The normalized spacial score (nSPS) is 12.6. The fourth-order valence-corrected chi connectivity index (χ4v) is 2.21. The van der Waals surface area contributed by atoms with Crippen LogP contribution in [0.4, 0.5) is 0 Å². The lowest BCUT2D eigenvalue weighted by Crippen LogP contribution is -2.20. The maximum Gasteiger partial charge on any atom is 0.341 e. The van der Waals surface area contributed by atoms with Crippen molar-refractivity contribution in [3.63, 3.8) is 0 Å². The van der Waals surface area contributed by atoms with Gasteiger partial charge in [-0.25, -0.2) is 4.79 Å². The molecule has 1 aliphatic rings. The molecule has 3 rings (SSSR count). The number of carboxylic acid groups (broad SMARTS) is 2. The first-order chi connectivity index (χ1) is 9.97. The van der Waals surface area contributed by atoms with Gasteiger partial charge in [0, 0.05) is 12.3 Å². The Morgan fingerprint density at radius 3 is 2.48 bits per heavy atom. The molecule has 2 heterocycles. The molecular weight excluding hydrogens is 282 g/mol. The highest BCUT2D eigenvalue weighted by molar-refractivity contribution is 5.94. The molecule has 2 N–H and O–H groups in total. The molecule has 8 nitrogen and oxygen atoms in total. The lowest BCUT2D eigenvalue weighted by molar-refractivity contribution is -0.137. The van der Waals surface area contributed by atoms with Gasteiger partial charge in [-0.3, -0.25) is 9.59 Å². The number of hydrogen-bond donors (Lipinski definition) is 2. The van der Waals surface area contributed by atoms with Crippen LogP contribution >= 0.6 is 0 Å². The first kappa shape index (κ1) is 13.0. The lowest BCUT2D eigenvalue weighted by Gasteiger charge is -2.10. The van der Waals surface area contributed by atoms with E-state index in [-0.39, 0.29) is 17.7 Å². The number of fused-ring (bicyclic) bond motifs is 2. The van der Waals surface area contributed by atoms with Crippen LogP contribution in [0.15, 0.2) is 23.1 Å². The van der Waals surface area contributed by atoms with Crippen molar-refractivity contribution in [1.29, 1.82) is 0 Å². The highest BCUT2D eigenvalue weighted by Crippen LogP contribution is 2.35. The number of aromatic nitrogens is 1. The first-order valence-electron chi connectivity index (χ1n) is 5.89. The third-order valence-electron chi connectivity index (χ3n) is 3.11. The molecule has 0 radical (unpaired) electrons. The number of ether oxygens (including phenoxy) is 2. The number of aromatic carboxylic acids is 1. The molecule has 2 aromatic rings. The van der Waals surface area contributed by atoms with Gasteiger partial charge in [-0.05, 0) is 6.07 Å². The van der Waals surface area contributed by atoms with E-state index in [1.165, 1.54) is 16.7 Å². The van der Waals surface area contributed by atoms with Crippen molar-refractivity contribution in [1.82, 2.24) is 4.57 Å². The second kappa shape index (κ2) is 4.51. The van der Waals surface area contributed by atoms with Gasteiger partial charge in [0.25, 0.3) is 0 Å². The van der Waals surface area contributed by atoms with Crippen LogP contribution in [0.1, 0.15) is 10.4 Å². The molecule has 8 heteroatoms. The minimum Gasteiger partial charge on any atom is -0.480 e. The van der Waals surface area contributed by atoms with Crippen LogP contribution in [-0.2, 0) is 11.3 Å². The van der Waals surface area contributed by atoms with E-state index in [1.807, 2.05) is 0 Å². The third kappa shape index (κ3) is 2.06. The number of pyridine rings is 1. The summed E-state index contributed by atoms with van der Waals surface area (Å²) in [6.45, 7) is -0.485. The monoisotopic (exact) mass is 291 g/mol. The smallest absolute Gasteiger partial charge is 0.341 e. The Hall–Kier alpha value is -3.03. The molecule has 1 aromatic carbocycles. The van der Waals surface area contributed by atoms with Crippen molar-refractivity contribution < 1.29 is 29.3 Å². The number of carboxylic acids is 2. The first-order valence-corrected chi connectivity index (χ1v) is 5.89. The average Bonchev–Trinajstić information content (AvgIpc) is 2.86. The maximum atomic E-state index is 12.2. The van der Waals surface area contributed by atoms with Crippen molar-refractivity contribution >= 4 is 22.8 Å². The van der Waals surface area contributed by atoms with E-state index in [0.717, 1.165) is 6.20 Å². The Kier molecular flexibility index (Phi) is 2.79. The van der Waals surface area contributed by atoms with E-state index >= 15 is 0 Å². The van der Waals surface area contributed by atoms with Gasteiger partial charge < -0.3 is 24.3 Å². The van der Waals surface area contributed by atoms with Gasteiger partial charge in [0.2, 0.25) is 12.2 Å². The fraction of sp³-hybridized carbons (Fsp3) is 0.154. The summed E-state index contributed by atoms with van der Waals surface area (Å²) in [7, 11) is 0. The largest absolute Gasteiger partial charge is 0.480 e. The molecule has 0 saturated heterocycles. The van der Waals surface area contributed by atoms with E-state index in [4.69, 9.17) is 19.7 Å². The predicted octanol–water partition coefficient (Wildman–Crippen LogP) is 0.513. The SMILES string of the molecule is O=C(O)Cn1cc(C(=O)O)c(=O)c2cc3c(cc21)OCO3. The van der Waals surface area contributed by atoms with Crippen molar-refractivity contribution in [2.75, 3.05) is 6.79 Å². The summed E-state index contributed by atoms with van der Waals surface area (Å²) in [6, 6.07) is 2.83. The van der Waals surface area contributed by atoms with Crippen molar-refractivity contribution in [2.45, 2.75) is 6.54 Å². The van der Waals surface area contributed by atoms with Crippen molar-refractivity contribution in [3.8, 4) is 11.5 Å². The van der Waals surface area contributed by atoms with Crippen LogP contribution < -0.4 is 14.9 Å². The Labute approximate surface area is 116 Å². The van der Waals surface area contributed by atoms with Crippen molar-refractivity contribution in [2.24, 2.45) is 0 Å². The standard InChI is InChI=1S/C13H9NO7/c15-11(16)4-14-3-7(13(18)19)12(17)6-1-9-10(2-8(6)14)21-5-20-9/h1-3H,4-5H2,(H,15,16)(H,18,19). The van der Waals surface area contributed by atoms with Gasteiger partial charge in [-0.2, -0.15) is 0 Å². The molecule has 0 amide bonds. The Morgan fingerprint density at radius 1 is 1.19 bits per heavy atom. The molecule has 0 unspecified atom stereocenters. The van der Waals surface area contributed by atoms with E-state index in [9.17, 15) is 14.4 Å². The van der Waals surface area contributed by atoms with E-state index in [0.29, 0.717) is 11.5 Å². The molecule has 0 bridgehead atoms. The van der Waals surface area contributed by atoms with E-state index < -0.39 is 29.5 Å². The van der Waals surface area contributed by atoms with Gasteiger partial charge in [-0.1, -0.05) is 0 Å². The summed E-state index contributed by atoms with van der Waals surface area (Å²) < 4.78 is 11.5. The van der Waals surface area contributed by atoms with Crippen LogP contribution in [0.2, 0.25) is 0 Å². The average molecular weight is 291 g/mol. The zero-order valence-electron chi connectivity index (χ0n) is 10.5. The second-order valence-corrected chi connectivity index (χ2v) is 4.42. The zero-order chi connectivity index (χ0) is 15.1. The van der Waals surface area contributed by atoms with E-state index in [1.54, 1.807) is 0 Å². The van der Waals surface area contributed by atoms with Gasteiger partial charge in [0.05, 0.1) is 10.9 Å². The zero-order valence-corrected chi connectivity index (χ0v) is 10.5. The number of carbonyl (C=O) groups is 2. The number of nitrogens with zero attached hydrogens (tertiary/aromatic N) is 1. The quantitative estimate of drug-likeness (QED) is 0.846. The second-order valence-electron chi connectivity index (χ2n) is 4.42. The molecule has 108 valence electrons. The maximum absolute atomic E-state index is 12.2. The van der Waals surface area contributed by atoms with Crippen LogP contribution in [0, 0.1) is 0 Å². The van der Waals surface area contributed by atoms with Crippen LogP contribution in [0.25, 0.3) is 10.9 Å². The Balaban J connectivity index is 2.38. The molecule has 0 atom stereocenters. The molecule has 0 fully saturated rings. The highest BCUT2D eigenvalue weighted by atomic mass is 16.7. The fourth-order valence-electron chi connectivity index (χ4n) is 2.21. The van der Waals surface area contributed by atoms with Gasteiger partial charge in [-0.15, -0.1) is 0 Å². The van der Waals surface area contributed by atoms with Crippen LogP contribution in [0.5, 0.6) is 11.5 Å². The number of benzene rings is 1. The summed E-state index contributed by atoms with van der Waals surface area (Å²) >= 11 is 0. The Morgan fingerprint density at radius 2 is 1.86 bits per heavy atom. The molecule has 1 aliphatic heterocycles. The predicted molar refractivity (Wildman–Crippen MR) is 68.9 cm³/mol. The summed E-state index contributed by atoms with van der Waals surface area (Å²) in [6.07, 6.45) is 1.02. The molecule has 0 aliphatic carbocycles. The summed E-state index contributed by atoms with van der Waals surface area (Å²) in [5.41, 5.74) is -0.920. The topological polar surface area (TPSA) is 115 Å². The van der Waals surface area contributed by atoms with Gasteiger partial charge >= 0.3 is 11.9 Å². The van der Waals surface area contributed by atoms with E-state index in [2.05, 4.69) is 0 Å². The molecule has 21 heavy (non-hydrogen) atoms. The van der Waals surface area contributed by atoms with Crippen LogP contribution in [-0.4, -0.2) is 33.5 Å². The minimum absolute atomic E-state index is 0.00936. The molecule has 1 aromatic heterocycles.